The van der Waals surface area contributed by atoms with E-state index in [9.17, 15) is 4.79 Å². The molecule has 0 aliphatic heterocycles. The number of rotatable bonds is 3. The highest BCUT2D eigenvalue weighted by atomic mass is 79.9. The van der Waals surface area contributed by atoms with Gasteiger partial charge >= 0.3 is 0 Å². The molecule has 0 bridgehead atoms. The lowest BCUT2D eigenvalue weighted by Gasteiger charge is -2.09. The predicted molar refractivity (Wildman–Crippen MR) is 80.6 cm³/mol. The molecule has 0 amide bonds. The monoisotopic (exact) mass is 323 g/mol. The molecular weight excluding hydrogens is 310 g/mol. The van der Waals surface area contributed by atoms with Crippen LogP contribution in [0.15, 0.2) is 22.7 Å². The first-order valence-electron chi connectivity index (χ1n) is 5.79. The van der Waals surface area contributed by atoms with Gasteiger partial charge in [0.15, 0.2) is 0 Å². The number of pyridine rings is 1. The normalized spacial score (nSPS) is 10.8. The van der Waals surface area contributed by atoms with Crippen LogP contribution in [0.1, 0.15) is 24.6 Å². The smallest absolute Gasteiger partial charge is 0.130 e. The number of aromatic nitrogens is 1. The first-order valence-corrected chi connectivity index (χ1v) is 6.99. The number of carbonyl (C=O) groups excluding carboxylic acids is 1. The molecule has 1 heterocycles. The number of hydrogen-bond acceptors (Lipinski definition) is 2. The lowest BCUT2D eigenvalue weighted by molar-refractivity contribution is -0.116. The van der Waals surface area contributed by atoms with Crippen LogP contribution in [0.25, 0.3) is 10.9 Å². The number of fused-ring (bicyclic) bond motifs is 1. The zero-order valence-corrected chi connectivity index (χ0v) is 12.7. The Morgan fingerprint density at radius 3 is 2.83 bits per heavy atom. The van der Waals surface area contributed by atoms with E-state index in [0.717, 1.165) is 31.1 Å². The Morgan fingerprint density at radius 2 is 2.17 bits per heavy atom. The summed E-state index contributed by atoms with van der Waals surface area (Å²) in [5, 5.41) is 1.03. The van der Waals surface area contributed by atoms with Crippen LogP contribution >= 0.6 is 28.1 Å². The second-order valence-corrected chi connectivity index (χ2v) is 5.77. The van der Waals surface area contributed by atoms with E-state index in [4.69, 9.17) is 12.2 Å². The van der Waals surface area contributed by atoms with E-state index in [1.807, 2.05) is 25.1 Å². The summed E-state index contributed by atoms with van der Waals surface area (Å²) in [6, 6.07) is 6.02. The van der Waals surface area contributed by atoms with E-state index < -0.39 is 0 Å². The van der Waals surface area contributed by atoms with Gasteiger partial charge in [-0.1, -0.05) is 28.1 Å². The van der Waals surface area contributed by atoms with Crippen molar-refractivity contribution in [3.8, 4) is 0 Å². The predicted octanol–water partition coefficient (Wildman–Crippen LogP) is 4.49. The number of hydrogen-bond donors (Lipinski definition) is 1. The molecule has 2 nitrogen and oxygen atoms in total. The molecule has 0 unspecified atom stereocenters. The molecule has 1 N–H and O–H groups in total. The highest BCUT2D eigenvalue weighted by Gasteiger charge is 2.07. The van der Waals surface area contributed by atoms with Gasteiger partial charge < -0.3 is 9.78 Å². The lowest BCUT2D eigenvalue weighted by atomic mass is 10.0. The van der Waals surface area contributed by atoms with Crippen molar-refractivity contribution in [2.75, 3.05) is 0 Å². The van der Waals surface area contributed by atoms with E-state index >= 15 is 0 Å². The number of H-pyrrole nitrogens is 1. The van der Waals surface area contributed by atoms with Gasteiger partial charge in [0.25, 0.3) is 0 Å². The third-order valence-electron chi connectivity index (χ3n) is 3.00. The van der Waals surface area contributed by atoms with Crippen LogP contribution in [0.3, 0.4) is 0 Å². The SMILES string of the molecule is CC(=O)CCc1c(C)[nH]c2ccc(Br)cc2c1=S. The molecule has 2 aromatic rings. The summed E-state index contributed by atoms with van der Waals surface area (Å²) < 4.78 is 1.86. The minimum absolute atomic E-state index is 0.193. The van der Waals surface area contributed by atoms with Crippen molar-refractivity contribution in [3.05, 3.63) is 38.4 Å². The molecule has 4 heteroatoms. The Kier molecular flexibility index (Phi) is 3.97. The van der Waals surface area contributed by atoms with Gasteiger partial charge in [-0.05, 0) is 44.0 Å². The van der Waals surface area contributed by atoms with E-state index in [1.165, 1.54) is 0 Å². The number of halogens is 1. The summed E-state index contributed by atoms with van der Waals surface area (Å²) in [6.45, 7) is 3.62. The molecule has 0 aliphatic rings. The molecule has 0 fully saturated rings. The Hall–Kier alpha value is -1.00. The zero-order chi connectivity index (χ0) is 13.3. The Morgan fingerprint density at radius 1 is 1.44 bits per heavy atom. The summed E-state index contributed by atoms with van der Waals surface area (Å²) >= 11 is 9.00. The molecular formula is C14H14BrNOS. The van der Waals surface area contributed by atoms with Crippen molar-refractivity contribution in [1.82, 2.24) is 4.98 Å². The van der Waals surface area contributed by atoms with Crippen LogP contribution in [0.2, 0.25) is 0 Å². The number of Topliss-reactive ketones (excluding diaryl/α,β-unsaturated/α-hetero) is 1. The average Bonchev–Trinajstić information content (AvgIpc) is 2.30. The van der Waals surface area contributed by atoms with Crippen LogP contribution < -0.4 is 0 Å². The number of aryl methyl sites for hydroxylation is 1. The lowest BCUT2D eigenvalue weighted by Crippen LogP contribution is -2.00. The van der Waals surface area contributed by atoms with E-state index in [2.05, 4.69) is 20.9 Å². The maximum absolute atomic E-state index is 11.1. The van der Waals surface area contributed by atoms with Crippen LogP contribution in [0.4, 0.5) is 0 Å². The fraction of sp³-hybridized carbons (Fsp3) is 0.286. The zero-order valence-electron chi connectivity index (χ0n) is 10.3. The summed E-state index contributed by atoms with van der Waals surface area (Å²) in [4.78, 5) is 14.5. The number of carbonyl (C=O) groups is 1. The first-order chi connectivity index (χ1) is 8.49. The molecule has 18 heavy (non-hydrogen) atoms. The number of ketones is 1. The highest BCUT2D eigenvalue weighted by Crippen LogP contribution is 2.24. The van der Waals surface area contributed by atoms with Crippen molar-refractivity contribution >= 4 is 44.8 Å². The molecule has 0 saturated carbocycles. The van der Waals surface area contributed by atoms with Crippen molar-refractivity contribution in [1.29, 1.82) is 0 Å². The number of nitrogens with one attached hydrogen (secondary N) is 1. The Bertz CT molecular complexity index is 675. The molecule has 1 aromatic carbocycles. The maximum Gasteiger partial charge on any atom is 0.130 e. The van der Waals surface area contributed by atoms with Crippen molar-refractivity contribution in [3.63, 3.8) is 0 Å². The summed E-state index contributed by atoms with van der Waals surface area (Å²) in [6.07, 6.45) is 1.25. The fourth-order valence-electron chi connectivity index (χ4n) is 2.03. The summed E-state index contributed by atoms with van der Waals surface area (Å²) in [7, 11) is 0. The van der Waals surface area contributed by atoms with Gasteiger partial charge in [-0.15, -0.1) is 0 Å². The largest absolute Gasteiger partial charge is 0.358 e. The quantitative estimate of drug-likeness (QED) is 0.844. The highest BCUT2D eigenvalue weighted by molar-refractivity contribution is 9.10. The Labute approximate surface area is 120 Å². The average molecular weight is 324 g/mol. The van der Waals surface area contributed by atoms with Crippen molar-refractivity contribution in [2.45, 2.75) is 26.7 Å². The second kappa shape index (κ2) is 5.33. The molecule has 94 valence electrons. The molecule has 0 atom stereocenters. The van der Waals surface area contributed by atoms with Crippen LogP contribution in [-0.4, -0.2) is 10.8 Å². The summed E-state index contributed by atoms with van der Waals surface area (Å²) in [5.74, 6) is 0.193. The topological polar surface area (TPSA) is 32.9 Å². The number of aromatic amines is 1. The van der Waals surface area contributed by atoms with Gasteiger partial charge in [-0.3, -0.25) is 0 Å². The minimum atomic E-state index is 0.193. The Balaban J connectivity index is 2.60. The van der Waals surface area contributed by atoms with E-state index in [-0.39, 0.29) is 5.78 Å². The number of benzene rings is 1. The van der Waals surface area contributed by atoms with Gasteiger partial charge in [0, 0.05) is 27.5 Å². The molecule has 0 saturated heterocycles. The van der Waals surface area contributed by atoms with Crippen molar-refractivity contribution < 1.29 is 4.79 Å². The third-order valence-corrected chi connectivity index (χ3v) is 3.96. The standard InChI is InChI=1S/C14H14BrNOS/c1-8(17)3-5-11-9(2)16-13-6-4-10(15)7-12(13)14(11)18/h4,6-7H,3,5H2,1-2H3,(H,16,18). The maximum atomic E-state index is 11.1. The summed E-state index contributed by atoms with van der Waals surface area (Å²) in [5.41, 5.74) is 3.16. The fourth-order valence-corrected chi connectivity index (χ4v) is 2.81. The van der Waals surface area contributed by atoms with Gasteiger partial charge in [-0.25, -0.2) is 0 Å². The van der Waals surface area contributed by atoms with Crippen LogP contribution in [0, 0.1) is 11.4 Å². The first kappa shape index (κ1) is 13.4. The van der Waals surface area contributed by atoms with Gasteiger partial charge in [0.2, 0.25) is 0 Å². The van der Waals surface area contributed by atoms with Crippen LogP contribution in [0.5, 0.6) is 0 Å². The van der Waals surface area contributed by atoms with Gasteiger partial charge in [0.1, 0.15) is 5.78 Å². The molecule has 2 rings (SSSR count). The van der Waals surface area contributed by atoms with E-state index in [1.54, 1.807) is 6.92 Å². The van der Waals surface area contributed by atoms with Gasteiger partial charge in [-0.2, -0.15) is 0 Å². The molecule has 0 aliphatic carbocycles. The minimum Gasteiger partial charge on any atom is -0.358 e. The molecule has 1 aromatic heterocycles. The van der Waals surface area contributed by atoms with Gasteiger partial charge in [0.05, 0.1) is 4.51 Å². The third kappa shape index (κ3) is 2.70. The molecule has 0 spiro atoms. The van der Waals surface area contributed by atoms with Crippen LogP contribution in [-0.2, 0) is 11.2 Å². The van der Waals surface area contributed by atoms with E-state index in [0.29, 0.717) is 12.8 Å². The second-order valence-electron chi connectivity index (χ2n) is 4.45. The van der Waals surface area contributed by atoms with Crippen molar-refractivity contribution in [2.24, 2.45) is 0 Å². The molecule has 0 radical (unpaired) electrons.